The first-order valence-electron chi connectivity index (χ1n) is 10.6. The Labute approximate surface area is 181 Å². The van der Waals surface area contributed by atoms with Gasteiger partial charge in [-0.2, -0.15) is 0 Å². The lowest BCUT2D eigenvalue weighted by molar-refractivity contribution is -0.121. The number of hydrogen-bond donors (Lipinski definition) is 2. The molecular weight excluding hydrogens is 392 g/mol. The van der Waals surface area contributed by atoms with Crippen molar-refractivity contribution in [3.8, 4) is 0 Å². The molecular formula is C24H28N4O3. The SMILES string of the molecule is Cc1ccc(NC(=O)c2oc3ccccc3c2NC(=O)C2CCC(N(C)C)CC2)nc1. The Kier molecular flexibility index (Phi) is 6.04. The first-order valence-corrected chi connectivity index (χ1v) is 10.6. The molecule has 1 saturated carbocycles. The van der Waals surface area contributed by atoms with Crippen molar-refractivity contribution in [2.24, 2.45) is 5.92 Å². The minimum absolute atomic E-state index is 0.0636. The van der Waals surface area contributed by atoms with Crippen molar-refractivity contribution in [2.75, 3.05) is 24.7 Å². The van der Waals surface area contributed by atoms with E-state index in [0.29, 0.717) is 28.5 Å². The molecule has 2 N–H and O–H groups in total. The van der Waals surface area contributed by atoms with Crippen LogP contribution in [0.1, 0.15) is 41.8 Å². The molecule has 4 rings (SSSR count). The number of benzene rings is 1. The molecule has 2 aromatic heterocycles. The number of aromatic nitrogens is 1. The van der Waals surface area contributed by atoms with Crippen LogP contribution >= 0.6 is 0 Å². The van der Waals surface area contributed by atoms with Gasteiger partial charge in [-0.3, -0.25) is 9.59 Å². The number of anilines is 2. The fraction of sp³-hybridized carbons (Fsp3) is 0.375. The third-order valence-corrected chi connectivity index (χ3v) is 6.00. The standard InChI is InChI=1S/C24H28N4O3/c1-15-8-13-20(25-14-15)26-24(30)22-21(18-6-4-5-7-19(18)31-22)27-23(29)16-9-11-17(12-10-16)28(2)3/h4-8,13-14,16-17H,9-12H2,1-3H3,(H,27,29)(H,25,26,30). The van der Waals surface area contributed by atoms with Crippen LogP contribution in [0.4, 0.5) is 11.5 Å². The van der Waals surface area contributed by atoms with E-state index in [2.05, 4.69) is 34.6 Å². The van der Waals surface area contributed by atoms with E-state index in [-0.39, 0.29) is 17.6 Å². The molecule has 0 saturated heterocycles. The molecule has 0 unspecified atom stereocenters. The Bertz CT molecular complexity index is 1080. The number of amides is 2. The van der Waals surface area contributed by atoms with Gasteiger partial charge in [-0.1, -0.05) is 18.2 Å². The Hall–Kier alpha value is -3.19. The first kappa shape index (κ1) is 21.1. The average molecular weight is 421 g/mol. The van der Waals surface area contributed by atoms with Gasteiger partial charge in [0, 0.05) is 23.5 Å². The van der Waals surface area contributed by atoms with Crippen molar-refractivity contribution < 1.29 is 14.0 Å². The van der Waals surface area contributed by atoms with Gasteiger partial charge in [-0.15, -0.1) is 0 Å². The Morgan fingerprint density at radius 3 is 2.45 bits per heavy atom. The molecule has 0 radical (unpaired) electrons. The summed E-state index contributed by atoms with van der Waals surface area (Å²) in [6, 6.07) is 11.4. The zero-order chi connectivity index (χ0) is 22.0. The molecule has 1 aliphatic rings. The van der Waals surface area contributed by atoms with Gasteiger partial charge >= 0.3 is 0 Å². The van der Waals surface area contributed by atoms with E-state index < -0.39 is 5.91 Å². The summed E-state index contributed by atoms with van der Waals surface area (Å²) in [5.41, 5.74) is 1.97. The maximum Gasteiger partial charge on any atom is 0.294 e. The van der Waals surface area contributed by atoms with Crippen LogP contribution in [0.15, 0.2) is 47.0 Å². The summed E-state index contributed by atoms with van der Waals surface area (Å²) in [7, 11) is 4.16. The molecule has 7 nitrogen and oxygen atoms in total. The minimum Gasteiger partial charge on any atom is -0.449 e. The van der Waals surface area contributed by atoms with Crippen LogP contribution in [0.2, 0.25) is 0 Å². The number of carbonyl (C=O) groups excluding carboxylic acids is 2. The van der Waals surface area contributed by atoms with Crippen molar-refractivity contribution in [1.29, 1.82) is 0 Å². The zero-order valence-corrected chi connectivity index (χ0v) is 18.1. The number of rotatable bonds is 5. The van der Waals surface area contributed by atoms with Crippen molar-refractivity contribution in [3.63, 3.8) is 0 Å². The van der Waals surface area contributed by atoms with Crippen molar-refractivity contribution >= 4 is 34.3 Å². The monoisotopic (exact) mass is 420 g/mol. The summed E-state index contributed by atoms with van der Waals surface area (Å²) < 4.78 is 5.83. The van der Waals surface area contributed by atoms with Crippen LogP contribution in [-0.2, 0) is 4.79 Å². The van der Waals surface area contributed by atoms with E-state index in [4.69, 9.17) is 4.42 Å². The Morgan fingerprint density at radius 2 is 1.77 bits per heavy atom. The topological polar surface area (TPSA) is 87.5 Å². The predicted octanol–water partition coefficient (Wildman–Crippen LogP) is 4.45. The lowest BCUT2D eigenvalue weighted by Gasteiger charge is -2.31. The van der Waals surface area contributed by atoms with Gasteiger partial charge in [0.25, 0.3) is 5.91 Å². The van der Waals surface area contributed by atoms with Gasteiger partial charge in [-0.25, -0.2) is 4.98 Å². The maximum atomic E-state index is 13.0. The van der Waals surface area contributed by atoms with E-state index in [0.717, 1.165) is 31.2 Å². The lowest BCUT2D eigenvalue weighted by atomic mass is 9.85. The van der Waals surface area contributed by atoms with Gasteiger partial charge < -0.3 is 20.0 Å². The normalized spacial score (nSPS) is 18.8. The van der Waals surface area contributed by atoms with Crippen LogP contribution in [0, 0.1) is 12.8 Å². The number of carbonyl (C=O) groups is 2. The van der Waals surface area contributed by atoms with E-state index >= 15 is 0 Å². The molecule has 2 heterocycles. The van der Waals surface area contributed by atoms with Gasteiger partial charge in [0.15, 0.2) is 0 Å². The molecule has 162 valence electrons. The molecule has 3 aromatic rings. The summed E-state index contributed by atoms with van der Waals surface area (Å²) in [6.45, 7) is 1.93. The van der Waals surface area contributed by atoms with Gasteiger partial charge in [0.1, 0.15) is 17.1 Å². The van der Waals surface area contributed by atoms with Gasteiger partial charge in [0.05, 0.1) is 0 Å². The van der Waals surface area contributed by atoms with Crippen molar-refractivity contribution in [1.82, 2.24) is 9.88 Å². The largest absolute Gasteiger partial charge is 0.449 e. The highest BCUT2D eigenvalue weighted by atomic mass is 16.3. The fourth-order valence-corrected chi connectivity index (χ4v) is 4.12. The average Bonchev–Trinajstić information content (AvgIpc) is 3.14. The molecule has 0 bridgehead atoms. The summed E-state index contributed by atoms with van der Waals surface area (Å²) >= 11 is 0. The summed E-state index contributed by atoms with van der Waals surface area (Å²) in [5, 5.41) is 6.46. The number of hydrogen-bond acceptors (Lipinski definition) is 5. The number of para-hydroxylation sites is 1. The lowest BCUT2D eigenvalue weighted by Crippen LogP contribution is -2.35. The zero-order valence-electron chi connectivity index (χ0n) is 18.1. The Balaban J connectivity index is 1.56. The fourth-order valence-electron chi connectivity index (χ4n) is 4.12. The van der Waals surface area contributed by atoms with E-state index in [9.17, 15) is 9.59 Å². The van der Waals surface area contributed by atoms with Crippen molar-refractivity contribution in [2.45, 2.75) is 38.6 Å². The highest BCUT2D eigenvalue weighted by molar-refractivity contribution is 6.14. The molecule has 1 fully saturated rings. The Morgan fingerprint density at radius 1 is 1.03 bits per heavy atom. The van der Waals surface area contributed by atoms with Crippen molar-refractivity contribution in [3.05, 3.63) is 53.9 Å². The van der Waals surface area contributed by atoms with Crippen LogP contribution < -0.4 is 10.6 Å². The van der Waals surface area contributed by atoms with E-state index in [1.165, 1.54) is 0 Å². The highest BCUT2D eigenvalue weighted by Crippen LogP contribution is 2.33. The second kappa shape index (κ2) is 8.89. The number of furan rings is 1. The van der Waals surface area contributed by atoms with Crippen LogP contribution in [0.25, 0.3) is 11.0 Å². The van der Waals surface area contributed by atoms with Crippen LogP contribution in [-0.4, -0.2) is 41.8 Å². The molecule has 0 aliphatic heterocycles. The first-order chi connectivity index (χ1) is 14.9. The molecule has 7 heteroatoms. The smallest absolute Gasteiger partial charge is 0.294 e. The molecule has 31 heavy (non-hydrogen) atoms. The van der Waals surface area contributed by atoms with E-state index in [1.54, 1.807) is 18.3 Å². The van der Waals surface area contributed by atoms with Gasteiger partial charge in [0.2, 0.25) is 11.7 Å². The third kappa shape index (κ3) is 4.61. The molecule has 2 amide bonds. The van der Waals surface area contributed by atoms with Crippen LogP contribution in [0.3, 0.4) is 0 Å². The minimum atomic E-state index is -0.445. The third-order valence-electron chi connectivity index (χ3n) is 6.00. The molecule has 0 atom stereocenters. The maximum absolute atomic E-state index is 13.0. The highest BCUT2D eigenvalue weighted by Gasteiger charge is 2.29. The molecule has 0 spiro atoms. The second-order valence-electron chi connectivity index (χ2n) is 8.44. The van der Waals surface area contributed by atoms with E-state index in [1.807, 2.05) is 31.2 Å². The quantitative estimate of drug-likeness (QED) is 0.637. The number of nitrogens with zero attached hydrogens (tertiary/aromatic N) is 2. The number of nitrogens with one attached hydrogen (secondary N) is 2. The summed E-state index contributed by atoms with van der Waals surface area (Å²) in [6.07, 6.45) is 5.33. The summed E-state index contributed by atoms with van der Waals surface area (Å²) in [4.78, 5) is 32.4. The predicted molar refractivity (Wildman–Crippen MR) is 121 cm³/mol. The molecule has 1 aliphatic carbocycles. The van der Waals surface area contributed by atoms with Gasteiger partial charge in [-0.05, 0) is 70.5 Å². The summed E-state index contributed by atoms with van der Waals surface area (Å²) in [5.74, 6) is -0.0702. The second-order valence-corrected chi connectivity index (χ2v) is 8.44. The van der Waals surface area contributed by atoms with Crippen LogP contribution in [0.5, 0.6) is 0 Å². The number of aryl methyl sites for hydroxylation is 1. The molecule has 1 aromatic carbocycles. The number of fused-ring (bicyclic) bond motifs is 1. The number of pyridine rings is 1.